The Hall–Kier alpha value is -3.21. The fourth-order valence-electron chi connectivity index (χ4n) is 3.39. The first-order valence-electron chi connectivity index (χ1n) is 10.1. The summed E-state index contributed by atoms with van der Waals surface area (Å²) >= 11 is 6.17. The van der Waals surface area contributed by atoms with Crippen molar-refractivity contribution in [2.24, 2.45) is 0 Å². The number of halogens is 2. The molecule has 0 saturated carbocycles. The van der Waals surface area contributed by atoms with Crippen molar-refractivity contribution in [3.63, 3.8) is 0 Å². The summed E-state index contributed by atoms with van der Waals surface area (Å²) in [5.41, 5.74) is -0.271. The molecule has 2 aromatic carbocycles. The lowest BCUT2D eigenvalue weighted by molar-refractivity contribution is -0.387. The van der Waals surface area contributed by atoms with Crippen molar-refractivity contribution in [1.82, 2.24) is 0 Å². The molecule has 176 valence electrons. The monoisotopic (exact) mass is 480 g/mol. The van der Waals surface area contributed by atoms with E-state index in [2.05, 4.69) is 0 Å². The predicted octanol–water partition coefficient (Wildman–Crippen LogP) is 5.21. The molecule has 0 spiro atoms. The van der Waals surface area contributed by atoms with Crippen LogP contribution in [0.5, 0.6) is 0 Å². The molecule has 0 bridgehead atoms. The van der Waals surface area contributed by atoms with Crippen LogP contribution in [0.4, 0.5) is 20.6 Å². The number of methoxy groups -OCH3 is 1. The fraction of sp³-hybridized carbons (Fsp3) is 0.318. The van der Waals surface area contributed by atoms with Crippen LogP contribution in [-0.4, -0.2) is 43.0 Å². The molecule has 3 rings (SSSR count). The van der Waals surface area contributed by atoms with Crippen LogP contribution < -0.4 is 4.90 Å². The molecular formula is C22H22ClFN2O7. The number of aliphatic hydroxyl groups excluding tert-OH is 1. The van der Waals surface area contributed by atoms with Crippen LogP contribution >= 0.6 is 11.6 Å². The quantitative estimate of drug-likeness (QED) is 0.254. The van der Waals surface area contributed by atoms with Gasteiger partial charge in [0.2, 0.25) is 5.82 Å². The minimum Gasteiger partial charge on any atom is -0.456 e. The van der Waals surface area contributed by atoms with Gasteiger partial charge in [0.1, 0.15) is 11.7 Å². The van der Waals surface area contributed by atoms with Gasteiger partial charge in [0.05, 0.1) is 17.2 Å². The van der Waals surface area contributed by atoms with E-state index in [1.54, 1.807) is 25.1 Å². The van der Waals surface area contributed by atoms with Gasteiger partial charge in [-0.15, -0.1) is 0 Å². The van der Waals surface area contributed by atoms with Crippen LogP contribution in [0.2, 0.25) is 5.02 Å². The smallest absolute Gasteiger partial charge is 0.414 e. The minimum atomic E-state index is -1.55. The van der Waals surface area contributed by atoms with E-state index < -0.39 is 28.6 Å². The zero-order chi connectivity index (χ0) is 24.1. The second-order valence-corrected chi connectivity index (χ2v) is 7.46. The maximum atomic E-state index is 13.8. The molecule has 1 heterocycles. The van der Waals surface area contributed by atoms with Crippen LogP contribution in [0, 0.1) is 15.9 Å². The third kappa shape index (κ3) is 5.24. The third-order valence-corrected chi connectivity index (χ3v) is 5.10. The van der Waals surface area contributed by atoms with Crippen molar-refractivity contribution in [2.45, 2.75) is 19.4 Å². The van der Waals surface area contributed by atoms with E-state index >= 15 is 0 Å². The Morgan fingerprint density at radius 2 is 2.09 bits per heavy atom. The Balaban J connectivity index is 2.19. The first-order chi connectivity index (χ1) is 15.8. The number of furan rings is 1. The summed E-state index contributed by atoms with van der Waals surface area (Å²) in [7, 11) is 1.53. The van der Waals surface area contributed by atoms with Gasteiger partial charge in [-0.05, 0) is 43.2 Å². The molecule has 9 nitrogen and oxygen atoms in total. The van der Waals surface area contributed by atoms with Crippen molar-refractivity contribution in [1.29, 1.82) is 0 Å². The molecule has 0 radical (unpaired) electrons. The van der Waals surface area contributed by atoms with E-state index in [-0.39, 0.29) is 30.2 Å². The topological polar surface area (TPSA) is 115 Å². The van der Waals surface area contributed by atoms with Crippen LogP contribution in [0.1, 0.15) is 30.8 Å². The van der Waals surface area contributed by atoms with Crippen molar-refractivity contribution in [3.05, 3.63) is 68.7 Å². The number of amides is 1. The molecule has 33 heavy (non-hydrogen) atoms. The molecule has 1 atom stereocenters. The highest BCUT2D eigenvalue weighted by Gasteiger charge is 2.31. The first-order valence-corrected chi connectivity index (χ1v) is 10.4. The Bertz CT molecular complexity index is 1170. The van der Waals surface area contributed by atoms with Crippen LogP contribution in [-0.2, 0) is 9.47 Å². The van der Waals surface area contributed by atoms with Crippen molar-refractivity contribution < 1.29 is 33.1 Å². The summed E-state index contributed by atoms with van der Waals surface area (Å²) in [6, 6.07) is 7.73. The number of aliphatic hydroxyl groups is 1. The Morgan fingerprint density at radius 1 is 1.33 bits per heavy atom. The standard InChI is InChI=1S/C22H22ClFN2O7/c1-3-32-22(28)25(9-4-10-31-2)19-15-12-14(23)6-8-18(15)33-21(19)20(27)13-5-7-16(24)17(11-13)26(29)30/h5-8,11-12,20,27H,3-4,9-10H2,1-2H3. The molecule has 11 heteroatoms. The molecule has 0 fully saturated rings. The van der Waals surface area contributed by atoms with E-state index in [0.717, 1.165) is 12.1 Å². The maximum absolute atomic E-state index is 13.8. The van der Waals surface area contributed by atoms with Crippen molar-refractivity contribution >= 4 is 40.0 Å². The van der Waals surface area contributed by atoms with Crippen LogP contribution in [0.3, 0.4) is 0 Å². The number of anilines is 1. The molecule has 0 aliphatic carbocycles. The number of nitrogens with zero attached hydrogens (tertiary/aromatic N) is 2. The highest BCUT2D eigenvalue weighted by molar-refractivity contribution is 6.31. The maximum Gasteiger partial charge on any atom is 0.414 e. The summed E-state index contributed by atoms with van der Waals surface area (Å²) < 4.78 is 30.0. The van der Waals surface area contributed by atoms with Gasteiger partial charge in [0, 0.05) is 36.7 Å². The minimum absolute atomic E-state index is 0.00945. The molecule has 0 aliphatic heterocycles. The third-order valence-electron chi connectivity index (χ3n) is 4.87. The number of hydrogen-bond acceptors (Lipinski definition) is 7. The zero-order valence-electron chi connectivity index (χ0n) is 17.9. The summed E-state index contributed by atoms with van der Waals surface area (Å²) in [5.74, 6) is -1.11. The molecule has 1 aromatic heterocycles. The number of rotatable bonds is 9. The van der Waals surface area contributed by atoms with Gasteiger partial charge in [0.25, 0.3) is 0 Å². The highest BCUT2D eigenvalue weighted by atomic mass is 35.5. The zero-order valence-corrected chi connectivity index (χ0v) is 18.7. The van der Waals surface area contributed by atoms with E-state index in [9.17, 15) is 24.4 Å². The Kier molecular flexibility index (Phi) is 7.85. The Labute approximate surface area is 193 Å². The molecule has 0 saturated heterocycles. The summed E-state index contributed by atoms with van der Waals surface area (Å²) in [4.78, 5) is 24.4. The molecule has 1 unspecified atom stereocenters. The van der Waals surface area contributed by atoms with Crippen molar-refractivity contribution in [2.75, 3.05) is 31.8 Å². The molecule has 3 aromatic rings. The van der Waals surface area contributed by atoms with Gasteiger partial charge in [-0.2, -0.15) is 4.39 Å². The van der Waals surface area contributed by atoms with Gasteiger partial charge < -0.3 is 19.0 Å². The number of nitro benzene ring substituents is 1. The number of carbonyl (C=O) groups excluding carboxylic acids is 1. The van der Waals surface area contributed by atoms with E-state index in [4.69, 9.17) is 25.5 Å². The van der Waals surface area contributed by atoms with E-state index in [0.29, 0.717) is 29.0 Å². The Morgan fingerprint density at radius 3 is 2.76 bits per heavy atom. The van der Waals surface area contributed by atoms with Crippen molar-refractivity contribution in [3.8, 4) is 0 Å². The predicted molar refractivity (Wildman–Crippen MR) is 119 cm³/mol. The largest absolute Gasteiger partial charge is 0.456 e. The molecule has 0 aliphatic rings. The SMILES string of the molecule is CCOC(=O)N(CCCOC)c1c(C(O)c2ccc(F)c([N+](=O)[O-])c2)oc2ccc(Cl)cc12. The van der Waals surface area contributed by atoms with Gasteiger partial charge in [-0.3, -0.25) is 15.0 Å². The number of fused-ring (bicyclic) bond motifs is 1. The first kappa shape index (κ1) is 24.4. The molecule has 1 N–H and O–H groups in total. The van der Waals surface area contributed by atoms with Gasteiger partial charge in [0.15, 0.2) is 5.76 Å². The lowest BCUT2D eigenvalue weighted by atomic mass is 10.0. The second-order valence-electron chi connectivity index (χ2n) is 7.02. The lowest BCUT2D eigenvalue weighted by Gasteiger charge is -2.23. The highest BCUT2D eigenvalue weighted by Crippen LogP contribution is 2.41. The summed E-state index contributed by atoms with van der Waals surface area (Å²) in [6.45, 7) is 2.28. The van der Waals surface area contributed by atoms with Crippen LogP contribution in [0.15, 0.2) is 40.8 Å². The normalized spacial score (nSPS) is 12.0. The lowest BCUT2D eigenvalue weighted by Crippen LogP contribution is -2.34. The summed E-state index contributed by atoms with van der Waals surface area (Å²) in [5, 5.41) is 23.1. The number of benzene rings is 2. The van der Waals surface area contributed by atoms with E-state index in [1.807, 2.05) is 0 Å². The average Bonchev–Trinajstić information content (AvgIpc) is 3.14. The molecular weight excluding hydrogens is 459 g/mol. The van der Waals surface area contributed by atoms with Crippen LogP contribution in [0.25, 0.3) is 11.0 Å². The van der Waals surface area contributed by atoms with E-state index in [1.165, 1.54) is 18.1 Å². The van der Waals surface area contributed by atoms with Gasteiger partial charge in [-0.1, -0.05) is 17.7 Å². The fourth-order valence-corrected chi connectivity index (χ4v) is 3.57. The number of nitro groups is 1. The number of carbonyl (C=O) groups is 1. The number of ether oxygens (including phenoxy) is 2. The number of hydrogen-bond donors (Lipinski definition) is 1. The summed E-state index contributed by atoms with van der Waals surface area (Å²) in [6.07, 6.45) is -1.79. The molecule has 1 amide bonds. The van der Waals surface area contributed by atoms with Gasteiger partial charge in [-0.25, -0.2) is 4.79 Å². The second kappa shape index (κ2) is 10.6. The van der Waals surface area contributed by atoms with Gasteiger partial charge >= 0.3 is 11.8 Å². The average molecular weight is 481 g/mol.